The molecule has 0 saturated heterocycles. The standard InChI is InChI=1S/C18H23NOS.C4H4O4/c1-3-21-17-11-9-16(10-12-17)20-18(13-14-19-2)15-7-5-4-6-8-15;5-3(6)1-2-4(7)8/h4-12,18-19H,3,13-14H2,1-2H3;1-2H,(H,5,6)(H,7,8)/b;2-1-. The molecule has 0 fully saturated rings. The zero-order valence-electron chi connectivity index (χ0n) is 16.6. The lowest BCUT2D eigenvalue weighted by molar-refractivity contribution is -0.134. The molecule has 7 heteroatoms. The Morgan fingerprint density at radius 1 is 1.03 bits per heavy atom. The van der Waals surface area contributed by atoms with Crippen molar-refractivity contribution in [3.63, 3.8) is 0 Å². The van der Waals surface area contributed by atoms with Crippen LogP contribution in [0, 0.1) is 0 Å². The van der Waals surface area contributed by atoms with Gasteiger partial charge >= 0.3 is 11.9 Å². The normalized spacial score (nSPS) is 11.4. The lowest BCUT2D eigenvalue weighted by Crippen LogP contribution is -2.16. The molecule has 0 aromatic heterocycles. The van der Waals surface area contributed by atoms with Crippen molar-refractivity contribution in [1.29, 1.82) is 0 Å². The molecule has 2 aromatic carbocycles. The Kier molecular flexibility index (Phi) is 11.9. The van der Waals surface area contributed by atoms with Crippen LogP contribution < -0.4 is 10.1 Å². The number of ether oxygens (including phenoxy) is 1. The van der Waals surface area contributed by atoms with E-state index >= 15 is 0 Å². The van der Waals surface area contributed by atoms with Crippen LogP contribution in [0.3, 0.4) is 0 Å². The van der Waals surface area contributed by atoms with E-state index in [1.807, 2.05) is 24.9 Å². The quantitative estimate of drug-likeness (QED) is 0.393. The summed E-state index contributed by atoms with van der Waals surface area (Å²) in [6.07, 6.45) is 2.15. The lowest BCUT2D eigenvalue weighted by Gasteiger charge is -2.19. The van der Waals surface area contributed by atoms with E-state index in [2.05, 4.69) is 60.8 Å². The van der Waals surface area contributed by atoms with Crippen LogP contribution in [0.2, 0.25) is 0 Å². The van der Waals surface area contributed by atoms with Gasteiger partial charge in [0.25, 0.3) is 0 Å². The summed E-state index contributed by atoms with van der Waals surface area (Å²) in [6.45, 7) is 3.10. The van der Waals surface area contributed by atoms with Gasteiger partial charge < -0.3 is 20.3 Å². The van der Waals surface area contributed by atoms with Gasteiger partial charge in [0.05, 0.1) is 0 Å². The minimum absolute atomic E-state index is 0.0864. The van der Waals surface area contributed by atoms with E-state index in [9.17, 15) is 9.59 Å². The number of rotatable bonds is 10. The number of nitrogens with one attached hydrogen (secondary N) is 1. The van der Waals surface area contributed by atoms with Gasteiger partial charge in [0.1, 0.15) is 11.9 Å². The molecule has 0 aliphatic heterocycles. The first-order valence-corrected chi connectivity index (χ1v) is 10.2. The second kappa shape index (κ2) is 14.3. The highest BCUT2D eigenvalue weighted by Crippen LogP contribution is 2.27. The molecule has 0 aliphatic carbocycles. The maximum absolute atomic E-state index is 9.55. The predicted octanol–water partition coefficient (Wildman–Crippen LogP) is 4.24. The first-order valence-electron chi connectivity index (χ1n) is 9.19. The van der Waals surface area contributed by atoms with Crippen LogP contribution in [0.15, 0.2) is 71.6 Å². The summed E-state index contributed by atoms with van der Waals surface area (Å²) in [5, 5.41) is 18.8. The minimum Gasteiger partial charge on any atom is -0.486 e. The van der Waals surface area contributed by atoms with Gasteiger partial charge in [0.15, 0.2) is 0 Å². The van der Waals surface area contributed by atoms with Crippen LogP contribution in [-0.2, 0) is 9.59 Å². The molecule has 0 bridgehead atoms. The summed E-state index contributed by atoms with van der Waals surface area (Å²) in [6, 6.07) is 18.8. The Balaban J connectivity index is 0.000000447. The third-order valence-corrected chi connectivity index (χ3v) is 4.50. The molecule has 0 heterocycles. The monoisotopic (exact) mass is 417 g/mol. The zero-order valence-corrected chi connectivity index (χ0v) is 17.4. The SMILES string of the molecule is CCSc1ccc(OC(CCNC)c2ccccc2)cc1.O=C(O)/C=C\C(=O)O. The highest BCUT2D eigenvalue weighted by molar-refractivity contribution is 7.99. The maximum atomic E-state index is 9.55. The highest BCUT2D eigenvalue weighted by Gasteiger charge is 2.12. The molecule has 1 atom stereocenters. The smallest absolute Gasteiger partial charge is 0.328 e. The fraction of sp³-hybridized carbons (Fsp3) is 0.273. The summed E-state index contributed by atoms with van der Waals surface area (Å²) in [4.78, 5) is 20.4. The van der Waals surface area contributed by atoms with Gasteiger partial charge in [0, 0.05) is 23.5 Å². The van der Waals surface area contributed by atoms with E-state index in [1.54, 1.807) is 0 Å². The molecule has 156 valence electrons. The summed E-state index contributed by atoms with van der Waals surface area (Å²) in [7, 11) is 1.97. The molecule has 0 aliphatic rings. The number of hydrogen-bond donors (Lipinski definition) is 3. The van der Waals surface area contributed by atoms with Gasteiger partial charge in [-0.2, -0.15) is 0 Å². The van der Waals surface area contributed by atoms with E-state index in [-0.39, 0.29) is 6.10 Å². The van der Waals surface area contributed by atoms with Crippen LogP contribution >= 0.6 is 11.8 Å². The molecule has 0 saturated carbocycles. The van der Waals surface area contributed by atoms with Crippen molar-refractivity contribution in [2.45, 2.75) is 24.3 Å². The first-order chi connectivity index (χ1) is 14.0. The Hall–Kier alpha value is -2.77. The molecule has 0 spiro atoms. The second-order valence-electron chi connectivity index (χ2n) is 5.82. The molecular formula is C22H27NO5S. The van der Waals surface area contributed by atoms with Crippen LogP contribution in [-0.4, -0.2) is 41.5 Å². The predicted molar refractivity (Wildman–Crippen MR) is 116 cm³/mol. The highest BCUT2D eigenvalue weighted by atomic mass is 32.2. The van der Waals surface area contributed by atoms with E-state index in [0.717, 1.165) is 24.5 Å². The molecule has 2 aromatic rings. The average Bonchev–Trinajstić information content (AvgIpc) is 2.72. The molecular weight excluding hydrogens is 390 g/mol. The fourth-order valence-corrected chi connectivity index (χ4v) is 2.99. The van der Waals surface area contributed by atoms with Gasteiger partial charge in [-0.3, -0.25) is 0 Å². The summed E-state index contributed by atoms with van der Waals surface area (Å²) < 4.78 is 6.19. The van der Waals surface area contributed by atoms with Crippen molar-refractivity contribution < 1.29 is 24.5 Å². The molecule has 6 nitrogen and oxygen atoms in total. The third kappa shape index (κ3) is 11.0. The van der Waals surface area contributed by atoms with Crippen molar-refractivity contribution in [1.82, 2.24) is 5.32 Å². The van der Waals surface area contributed by atoms with Gasteiger partial charge in [-0.05, 0) is 49.2 Å². The second-order valence-corrected chi connectivity index (χ2v) is 7.16. The van der Waals surface area contributed by atoms with Crippen molar-refractivity contribution >= 4 is 23.7 Å². The van der Waals surface area contributed by atoms with Crippen LogP contribution in [0.1, 0.15) is 25.0 Å². The number of benzene rings is 2. The number of carboxylic acids is 2. The van der Waals surface area contributed by atoms with Crippen molar-refractivity contribution in [2.75, 3.05) is 19.3 Å². The van der Waals surface area contributed by atoms with E-state index in [4.69, 9.17) is 14.9 Å². The summed E-state index contributed by atoms with van der Waals surface area (Å²) >= 11 is 1.85. The van der Waals surface area contributed by atoms with Crippen molar-refractivity contribution in [3.8, 4) is 5.75 Å². The fourth-order valence-electron chi connectivity index (χ4n) is 2.32. The number of hydrogen-bond acceptors (Lipinski definition) is 5. The van der Waals surface area contributed by atoms with Gasteiger partial charge in [-0.1, -0.05) is 37.3 Å². The summed E-state index contributed by atoms with van der Waals surface area (Å²) in [5.41, 5.74) is 1.22. The molecule has 3 N–H and O–H groups in total. The largest absolute Gasteiger partial charge is 0.486 e. The zero-order chi connectivity index (χ0) is 21.5. The first kappa shape index (κ1) is 24.3. The molecule has 29 heavy (non-hydrogen) atoms. The van der Waals surface area contributed by atoms with Crippen molar-refractivity contribution in [3.05, 3.63) is 72.3 Å². The number of carbonyl (C=O) groups is 2. The van der Waals surface area contributed by atoms with Gasteiger partial charge in [-0.25, -0.2) is 9.59 Å². The van der Waals surface area contributed by atoms with Crippen LogP contribution in [0.4, 0.5) is 0 Å². The van der Waals surface area contributed by atoms with Gasteiger partial charge in [0.2, 0.25) is 0 Å². The van der Waals surface area contributed by atoms with E-state index in [1.165, 1.54) is 10.5 Å². The number of carboxylic acid groups (broad SMARTS) is 2. The van der Waals surface area contributed by atoms with Gasteiger partial charge in [-0.15, -0.1) is 11.8 Å². The Morgan fingerprint density at radius 2 is 1.62 bits per heavy atom. The molecule has 1 unspecified atom stereocenters. The minimum atomic E-state index is -1.26. The summed E-state index contributed by atoms with van der Waals surface area (Å²) in [5.74, 6) is -0.491. The molecule has 0 radical (unpaired) electrons. The molecule has 0 amide bonds. The Labute approximate surface area is 175 Å². The van der Waals surface area contributed by atoms with E-state index in [0.29, 0.717) is 12.2 Å². The Morgan fingerprint density at radius 3 is 2.10 bits per heavy atom. The Bertz CT molecular complexity index is 747. The van der Waals surface area contributed by atoms with Crippen LogP contribution in [0.5, 0.6) is 5.75 Å². The lowest BCUT2D eigenvalue weighted by atomic mass is 10.1. The van der Waals surface area contributed by atoms with Crippen molar-refractivity contribution in [2.24, 2.45) is 0 Å². The molecule has 2 rings (SSSR count). The number of thioether (sulfide) groups is 1. The number of aliphatic carboxylic acids is 2. The maximum Gasteiger partial charge on any atom is 0.328 e. The topological polar surface area (TPSA) is 95.9 Å². The average molecular weight is 418 g/mol. The van der Waals surface area contributed by atoms with Crippen LogP contribution in [0.25, 0.3) is 0 Å². The van der Waals surface area contributed by atoms with E-state index < -0.39 is 11.9 Å². The third-order valence-electron chi connectivity index (χ3n) is 3.61.